The number of aromatic nitrogens is 2. The number of anilines is 3. The molecule has 4 heterocycles. The minimum atomic E-state index is -0.617. The maximum atomic E-state index is 12.6. The molecule has 8 nitrogen and oxygen atoms in total. The number of hydrogen-bond donors (Lipinski definition) is 4. The highest BCUT2D eigenvalue weighted by Crippen LogP contribution is 2.41. The van der Waals surface area contributed by atoms with Gasteiger partial charge in [0.1, 0.15) is 15.8 Å². The average Bonchev–Trinajstić information content (AvgIpc) is 3.04. The fourth-order valence-electron chi connectivity index (χ4n) is 3.66. The molecule has 5 rings (SSSR count). The fourth-order valence-corrected chi connectivity index (χ4v) is 4.92. The highest BCUT2D eigenvalue weighted by atomic mass is 35.5. The Kier molecular flexibility index (Phi) is 4.64. The molecule has 0 saturated heterocycles. The zero-order valence-electron chi connectivity index (χ0n) is 16.3. The number of benzene rings is 1. The lowest BCUT2D eigenvalue weighted by atomic mass is 10.1. The van der Waals surface area contributed by atoms with Crippen molar-refractivity contribution < 1.29 is 9.59 Å². The Hall–Kier alpha value is -3.43. The number of nitrogens with one attached hydrogen (secondary N) is 3. The summed E-state index contributed by atoms with van der Waals surface area (Å²) in [4.78, 5) is 33.5. The zero-order valence-corrected chi connectivity index (χ0v) is 17.9. The summed E-state index contributed by atoms with van der Waals surface area (Å²) in [6.07, 6.45) is 1.33. The van der Waals surface area contributed by atoms with Gasteiger partial charge in [0, 0.05) is 34.3 Å². The summed E-state index contributed by atoms with van der Waals surface area (Å²) >= 11 is 7.44. The van der Waals surface area contributed by atoms with E-state index < -0.39 is 5.91 Å². The van der Waals surface area contributed by atoms with Gasteiger partial charge in [-0.1, -0.05) is 11.6 Å². The van der Waals surface area contributed by atoms with Gasteiger partial charge in [0.2, 0.25) is 0 Å². The van der Waals surface area contributed by atoms with Crippen molar-refractivity contribution in [2.24, 2.45) is 5.73 Å². The number of nitrogens with zero attached hydrogens (tertiary/aromatic N) is 2. The number of pyridine rings is 2. The molecule has 1 aliphatic rings. The Balaban J connectivity index is 1.61. The second-order valence-corrected chi connectivity index (χ2v) is 8.74. The molecule has 1 atom stereocenters. The molecule has 3 aromatic heterocycles. The van der Waals surface area contributed by atoms with Gasteiger partial charge in [-0.05, 0) is 37.3 Å². The third-order valence-corrected chi connectivity index (χ3v) is 6.45. The quantitative estimate of drug-likeness (QED) is 0.350. The van der Waals surface area contributed by atoms with Crippen LogP contribution in [0.5, 0.6) is 0 Å². The van der Waals surface area contributed by atoms with E-state index in [0.717, 1.165) is 26.7 Å². The van der Waals surface area contributed by atoms with Gasteiger partial charge in [-0.2, -0.15) is 0 Å². The van der Waals surface area contributed by atoms with Crippen molar-refractivity contribution in [3.05, 3.63) is 52.1 Å². The highest BCUT2D eigenvalue weighted by molar-refractivity contribution is 7.21. The number of nitrogens with two attached hydrogens (primary N) is 1. The number of rotatable bonds is 3. The molecule has 0 aliphatic carbocycles. The Labute approximate surface area is 185 Å². The van der Waals surface area contributed by atoms with E-state index in [-0.39, 0.29) is 22.7 Å². The van der Waals surface area contributed by atoms with E-state index in [4.69, 9.17) is 17.3 Å². The predicted octanol–water partition coefficient (Wildman–Crippen LogP) is 3.88. The monoisotopic (exact) mass is 452 g/mol. The number of carbonyl (C=O) groups is 2. The van der Waals surface area contributed by atoms with Crippen LogP contribution in [-0.4, -0.2) is 34.4 Å². The Morgan fingerprint density at radius 1 is 1.32 bits per heavy atom. The molecule has 0 fully saturated rings. The number of halogens is 1. The first kappa shape index (κ1) is 19.5. The second kappa shape index (κ2) is 7.36. The molecule has 156 valence electrons. The molecule has 0 radical (unpaired) electrons. The van der Waals surface area contributed by atoms with Gasteiger partial charge in [-0.15, -0.1) is 11.3 Å². The molecule has 10 heteroatoms. The van der Waals surface area contributed by atoms with Crippen LogP contribution >= 0.6 is 22.9 Å². The SMILES string of the molecule is C[C@H]1CNc2c(sc3ccc4nc(Nc5cc(Cl)ncc5C(N)=O)ccc4c23)C(=O)N1. The average molecular weight is 453 g/mol. The molecule has 0 bridgehead atoms. The summed E-state index contributed by atoms with van der Waals surface area (Å²) in [5.74, 6) is -0.160. The normalized spacial score (nSPS) is 15.8. The lowest BCUT2D eigenvalue weighted by molar-refractivity contribution is 0.0948. The Morgan fingerprint density at radius 3 is 2.97 bits per heavy atom. The number of hydrogen-bond acceptors (Lipinski definition) is 7. The van der Waals surface area contributed by atoms with Gasteiger partial charge in [-0.3, -0.25) is 9.59 Å². The maximum Gasteiger partial charge on any atom is 0.263 e. The van der Waals surface area contributed by atoms with E-state index in [9.17, 15) is 9.59 Å². The van der Waals surface area contributed by atoms with Crippen LogP contribution in [0, 0.1) is 0 Å². The molecular formula is C21H17ClN6O2S. The van der Waals surface area contributed by atoms with Crippen LogP contribution in [0.4, 0.5) is 17.2 Å². The predicted molar refractivity (Wildman–Crippen MR) is 124 cm³/mol. The highest BCUT2D eigenvalue weighted by Gasteiger charge is 2.24. The third-order valence-electron chi connectivity index (χ3n) is 5.09. The minimum Gasteiger partial charge on any atom is -0.381 e. The van der Waals surface area contributed by atoms with Crippen LogP contribution in [0.2, 0.25) is 5.15 Å². The van der Waals surface area contributed by atoms with Crippen LogP contribution in [0.3, 0.4) is 0 Å². The first-order valence-corrected chi connectivity index (χ1v) is 10.7. The van der Waals surface area contributed by atoms with E-state index in [0.29, 0.717) is 22.9 Å². The van der Waals surface area contributed by atoms with Crippen LogP contribution in [0.1, 0.15) is 27.0 Å². The Morgan fingerprint density at radius 2 is 2.16 bits per heavy atom. The van der Waals surface area contributed by atoms with Crippen LogP contribution in [0.25, 0.3) is 21.0 Å². The van der Waals surface area contributed by atoms with Gasteiger partial charge in [0.05, 0.1) is 22.5 Å². The molecule has 4 aromatic rings. The van der Waals surface area contributed by atoms with Gasteiger partial charge >= 0.3 is 0 Å². The van der Waals surface area contributed by atoms with E-state index in [2.05, 4.69) is 25.9 Å². The van der Waals surface area contributed by atoms with Crippen molar-refractivity contribution in [1.82, 2.24) is 15.3 Å². The largest absolute Gasteiger partial charge is 0.381 e. The molecule has 0 spiro atoms. The summed E-state index contributed by atoms with van der Waals surface area (Å²) in [7, 11) is 0. The van der Waals surface area contributed by atoms with Gasteiger partial charge in [-0.25, -0.2) is 9.97 Å². The smallest absolute Gasteiger partial charge is 0.263 e. The fraction of sp³-hybridized carbons (Fsp3) is 0.143. The van der Waals surface area contributed by atoms with Crippen molar-refractivity contribution in [3.63, 3.8) is 0 Å². The minimum absolute atomic E-state index is 0.0395. The molecule has 1 aromatic carbocycles. The first-order chi connectivity index (χ1) is 14.9. The van der Waals surface area contributed by atoms with Crippen molar-refractivity contribution in [1.29, 1.82) is 0 Å². The first-order valence-electron chi connectivity index (χ1n) is 9.54. The molecule has 1 aliphatic heterocycles. The lowest BCUT2D eigenvalue weighted by Crippen LogP contribution is -2.34. The van der Waals surface area contributed by atoms with Gasteiger partial charge < -0.3 is 21.7 Å². The summed E-state index contributed by atoms with van der Waals surface area (Å²) < 4.78 is 1.01. The topological polar surface area (TPSA) is 122 Å². The lowest BCUT2D eigenvalue weighted by Gasteiger charge is -2.11. The number of carbonyl (C=O) groups excluding carboxylic acids is 2. The molecular weight excluding hydrogens is 436 g/mol. The summed E-state index contributed by atoms with van der Waals surface area (Å²) in [5, 5.41) is 11.6. The van der Waals surface area contributed by atoms with Crippen LogP contribution in [0.15, 0.2) is 36.5 Å². The molecule has 5 N–H and O–H groups in total. The van der Waals surface area contributed by atoms with E-state index in [1.807, 2.05) is 31.2 Å². The van der Waals surface area contributed by atoms with Crippen molar-refractivity contribution in [3.8, 4) is 0 Å². The molecule has 0 unspecified atom stereocenters. The van der Waals surface area contributed by atoms with Crippen LogP contribution < -0.4 is 21.7 Å². The van der Waals surface area contributed by atoms with Crippen molar-refractivity contribution >= 4 is 72.9 Å². The number of fused-ring (bicyclic) bond motifs is 5. The zero-order chi connectivity index (χ0) is 21.7. The summed E-state index contributed by atoms with van der Waals surface area (Å²) in [5.41, 5.74) is 7.67. The Bertz CT molecular complexity index is 1390. The van der Waals surface area contributed by atoms with Crippen molar-refractivity contribution in [2.75, 3.05) is 17.2 Å². The van der Waals surface area contributed by atoms with E-state index >= 15 is 0 Å². The molecule has 0 saturated carbocycles. The third kappa shape index (κ3) is 3.41. The van der Waals surface area contributed by atoms with Gasteiger partial charge in [0.15, 0.2) is 0 Å². The van der Waals surface area contributed by atoms with Gasteiger partial charge in [0.25, 0.3) is 11.8 Å². The molecule has 2 amide bonds. The maximum absolute atomic E-state index is 12.6. The molecule has 31 heavy (non-hydrogen) atoms. The summed E-state index contributed by atoms with van der Waals surface area (Å²) in [6.45, 7) is 2.61. The second-order valence-electron chi connectivity index (χ2n) is 7.31. The van der Waals surface area contributed by atoms with E-state index in [1.165, 1.54) is 23.6 Å². The number of amides is 2. The standard InChI is InChI=1S/C21H17ClN6O2S/c1-9-7-25-18-17-10-2-5-16(28-13-6-15(22)24-8-11(13)20(23)29)27-12(10)3-4-14(17)31-19(18)21(30)26-9/h2-6,8-9,25H,7H2,1H3,(H2,23,29)(H,26,30)(H,24,27,28)/t9-/m0/s1. The van der Waals surface area contributed by atoms with Crippen LogP contribution in [-0.2, 0) is 0 Å². The van der Waals surface area contributed by atoms with E-state index in [1.54, 1.807) is 0 Å². The number of thiophene rings is 1. The summed E-state index contributed by atoms with van der Waals surface area (Å²) in [6, 6.07) is 9.19. The van der Waals surface area contributed by atoms with Crippen molar-refractivity contribution in [2.45, 2.75) is 13.0 Å². The number of primary amides is 1.